The van der Waals surface area contributed by atoms with Crippen LogP contribution >= 0.6 is 0 Å². The molecule has 2 aliphatic rings. The number of nitrogens with zero attached hydrogens (tertiary/aromatic N) is 2. The van der Waals surface area contributed by atoms with Crippen LogP contribution in [-0.2, 0) is 4.79 Å². The number of carbonyl (C=O) groups excluding carboxylic acids is 2. The molecule has 1 fully saturated rings. The fraction of sp³-hybridized carbons (Fsp3) is 0.375. The molecule has 2 aromatic carbocycles. The zero-order valence-corrected chi connectivity index (χ0v) is 17.5. The SMILES string of the molecule is Cc1ccc(C(=O)N2CCC3(CC2)N=C(c2ccc(C)c(C)c2)C(=O)N3)cc1C. The van der Waals surface area contributed by atoms with Crippen LogP contribution in [0.5, 0.6) is 0 Å². The van der Waals surface area contributed by atoms with Gasteiger partial charge >= 0.3 is 0 Å². The van der Waals surface area contributed by atoms with Gasteiger partial charge in [0.2, 0.25) is 0 Å². The molecule has 29 heavy (non-hydrogen) atoms. The zero-order valence-electron chi connectivity index (χ0n) is 17.5. The fourth-order valence-electron chi connectivity index (χ4n) is 4.02. The number of hydrogen-bond acceptors (Lipinski definition) is 3. The highest BCUT2D eigenvalue weighted by Crippen LogP contribution is 2.30. The molecule has 5 nitrogen and oxygen atoms in total. The summed E-state index contributed by atoms with van der Waals surface area (Å²) in [6, 6.07) is 11.8. The number of nitrogens with one attached hydrogen (secondary N) is 1. The second-order valence-electron chi connectivity index (χ2n) is 8.34. The van der Waals surface area contributed by atoms with E-state index in [-0.39, 0.29) is 11.8 Å². The van der Waals surface area contributed by atoms with Gasteiger partial charge in [-0.25, -0.2) is 0 Å². The molecule has 0 radical (unpaired) electrons. The number of hydrogen-bond donors (Lipinski definition) is 1. The predicted molar refractivity (Wildman–Crippen MR) is 114 cm³/mol. The van der Waals surface area contributed by atoms with Crippen LogP contribution in [0.3, 0.4) is 0 Å². The van der Waals surface area contributed by atoms with Gasteiger partial charge in [0.1, 0.15) is 11.4 Å². The highest BCUT2D eigenvalue weighted by atomic mass is 16.2. The molecular weight excluding hydrogens is 362 g/mol. The van der Waals surface area contributed by atoms with Crippen molar-refractivity contribution in [2.45, 2.75) is 46.2 Å². The Kier molecular flexibility index (Phi) is 4.77. The number of aryl methyl sites for hydroxylation is 4. The van der Waals surface area contributed by atoms with Crippen LogP contribution in [0.25, 0.3) is 0 Å². The Morgan fingerprint density at radius 3 is 2.17 bits per heavy atom. The van der Waals surface area contributed by atoms with Gasteiger partial charge in [0.25, 0.3) is 11.8 Å². The number of benzene rings is 2. The first-order chi connectivity index (χ1) is 13.8. The summed E-state index contributed by atoms with van der Waals surface area (Å²) in [5.41, 5.74) is 6.13. The second kappa shape index (κ2) is 7.14. The number of aliphatic imine (C=N–C) groups is 1. The first-order valence-corrected chi connectivity index (χ1v) is 10.1. The molecule has 0 atom stereocenters. The molecule has 2 aromatic rings. The predicted octanol–water partition coefficient (Wildman–Crippen LogP) is 3.47. The third-order valence-corrected chi connectivity index (χ3v) is 6.30. The van der Waals surface area contributed by atoms with Crippen molar-refractivity contribution in [1.29, 1.82) is 0 Å². The second-order valence-corrected chi connectivity index (χ2v) is 8.34. The molecule has 4 rings (SSSR count). The normalized spacial score (nSPS) is 18.0. The Morgan fingerprint density at radius 1 is 0.931 bits per heavy atom. The molecule has 2 amide bonds. The number of piperidine rings is 1. The van der Waals surface area contributed by atoms with Crippen molar-refractivity contribution in [2.24, 2.45) is 4.99 Å². The van der Waals surface area contributed by atoms with Crippen molar-refractivity contribution in [3.63, 3.8) is 0 Å². The maximum absolute atomic E-state index is 12.9. The summed E-state index contributed by atoms with van der Waals surface area (Å²) in [5.74, 6) is -0.0761. The summed E-state index contributed by atoms with van der Waals surface area (Å²) in [6.45, 7) is 9.32. The molecule has 0 unspecified atom stereocenters. The third kappa shape index (κ3) is 3.57. The molecule has 2 aliphatic heterocycles. The van der Waals surface area contributed by atoms with Gasteiger partial charge in [0.05, 0.1) is 0 Å². The number of amides is 2. The Balaban J connectivity index is 1.50. The van der Waals surface area contributed by atoms with Gasteiger partial charge < -0.3 is 10.2 Å². The average Bonchev–Trinajstić information content (AvgIpc) is 3.02. The summed E-state index contributed by atoms with van der Waals surface area (Å²) < 4.78 is 0. The first kappa shape index (κ1) is 19.4. The lowest BCUT2D eigenvalue weighted by atomic mass is 9.97. The molecule has 1 N–H and O–H groups in total. The van der Waals surface area contributed by atoms with Gasteiger partial charge in [-0.1, -0.05) is 18.2 Å². The smallest absolute Gasteiger partial charge is 0.272 e. The van der Waals surface area contributed by atoms with Crippen molar-refractivity contribution < 1.29 is 9.59 Å². The first-order valence-electron chi connectivity index (χ1n) is 10.1. The summed E-state index contributed by atoms with van der Waals surface area (Å²) in [4.78, 5) is 32.2. The van der Waals surface area contributed by atoms with E-state index >= 15 is 0 Å². The molecule has 2 heterocycles. The van der Waals surface area contributed by atoms with E-state index in [2.05, 4.69) is 12.2 Å². The Morgan fingerprint density at radius 2 is 1.55 bits per heavy atom. The van der Waals surface area contributed by atoms with E-state index in [4.69, 9.17) is 4.99 Å². The molecule has 150 valence electrons. The quantitative estimate of drug-likeness (QED) is 0.855. The minimum Gasteiger partial charge on any atom is -0.338 e. The lowest BCUT2D eigenvalue weighted by Gasteiger charge is -2.37. The molecule has 5 heteroatoms. The van der Waals surface area contributed by atoms with Crippen LogP contribution in [0, 0.1) is 27.7 Å². The topological polar surface area (TPSA) is 61.8 Å². The van der Waals surface area contributed by atoms with Crippen LogP contribution in [0.15, 0.2) is 41.4 Å². The maximum Gasteiger partial charge on any atom is 0.272 e. The largest absolute Gasteiger partial charge is 0.338 e. The Hall–Kier alpha value is -2.95. The van der Waals surface area contributed by atoms with Gasteiger partial charge in [-0.05, 0) is 68.1 Å². The number of carbonyl (C=O) groups is 2. The monoisotopic (exact) mass is 389 g/mol. The molecule has 0 aromatic heterocycles. The highest BCUT2D eigenvalue weighted by Gasteiger charge is 2.43. The van der Waals surface area contributed by atoms with Gasteiger partial charge in [-0.3, -0.25) is 14.6 Å². The molecule has 0 bridgehead atoms. The summed E-state index contributed by atoms with van der Waals surface area (Å²) in [6.07, 6.45) is 1.26. The van der Waals surface area contributed by atoms with Crippen molar-refractivity contribution >= 4 is 17.5 Å². The molecular formula is C24H27N3O2. The van der Waals surface area contributed by atoms with Crippen molar-refractivity contribution in [3.8, 4) is 0 Å². The summed E-state index contributed by atoms with van der Waals surface area (Å²) in [5, 5.41) is 3.09. The minimum atomic E-state index is -0.592. The minimum absolute atomic E-state index is 0.0469. The Bertz CT molecular complexity index is 1030. The molecule has 1 saturated heterocycles. The van der Waals surface area contributed by atoms with Gasteiger partial charge in [-0.15, -0.1) is 0 Å². The lowest BCUT2D eigenvalue weighted by Crippen LogP contribution is -2.52. The highest BCUT2D eigenvalue weighted by molar-refractivity contribution is 6.46. The van der Waals surface area contributed by atoms with Crippen molar-refractivity contribution in [3.05, 3.63) is 69.8 Å². The standard InChI is InChI=1S/C24H27N3O2/c1-15-5-7-19(13-17(15)3)21-22(28)26-24(25-21)9-11-27(12-10-24)23(29)20-8-6-16(2)18(4)14-20/h5-8,13-14H,9-12H2,1-4H3,(H,26,28). The van der Waals surface area contributed by atoms with Crippen molar-refractivity contribution in [2.75, 3.05) is 13.1 Å². The molecule has 0 saturated carbocycles. The van der Waals surface area contributed by atoms with Crippen LogP contribution < -0.4 is 5.32 Å². The van der Waals surface area contributed by atoms with Crippen LogP contribution in [-0.4, -0.2) is 41.2 Å². The van der Waals surface area contributed by atoms with E-state index in [9.17, 15) is 9.59 Å². The fourth-order valence-corrected chi connectivity index (χ4v) is 4.02. The van der Waals surface area contributed by atoms with Gasteiger partial charge in [-0.2, -0.15) is 0 Å². The Labute approximate surface area is 171 Å². The molecule has 1 spiro atoms. The van der Waals surface area contributed by atoms with E-state index in [0.29, 0.717) is 31.6 Å². The van der Waals surface area contributed by atoms with E-state index in [1.807, 2.05) is 62.1 Å². The van der Waals surface area contributed by atoms with E-state index in [1.54, 1.807) is 0 Å². The van der Waals surface area contributed by atoms with E-state index in [1.165, 1.54) is 11.1 Å². The van der Waals surface area contributed by atoms with Crippen molar-refractivity contribution in [1.82, 2.24) is 10.2 Å². The summed E-state index contributed by atoms with van der Waals surface area (Å²) in [7, 11) is 0. The maximum atomic E-state index is 12.9. The van der Waals surface area contributed by atoms with Gasteiger partial charge in [0.15, 0.2) is 0 Å². The summed E-state index contributed by atoms with van der Waals surface area (Å²) >= 11 is 0. The third-order valence-electron chi connectivity index (χ3n) is 6.30. The average molecular weight is 389 g/mol. The van der Waals surface area contributed by atoms with E-state index < -0.39 is 5.66 Å². The molecule has 0 aliphatic carbocycles. The number of likely N-dealkylation sites (tertiary alicyclic amines) is 1. The van der Waals surface area contributed by atoms with E-state index in [0.717, 1.165) is 22.3 Å². The number of rotatable bonds is 2. The van der Waals surface area contributed by atoms with Crippen LogP contribution in [0.2, 0.25) is 0 Å². The lowest BCUT2D eigenvalue weighted by molar-refractivity contribution is -0.115. The van der Waals surface area contributed by atoms with Crippen LogP contribution in [0.4, 0.5) is 0 Å². The zero-order chi connectivity index (χ0) is 20.8. The van der Waals surface area contributed by atoms with Gasteiger partial charge in [0, 0.05) is 37.1 Å². The van der Waals surface area contributed by atoms with Crippen LogP contribution in [0.1, 0.15) is 51.0 Å².